The molecule has 0 saturated heterocycles. The van der Waals surface area contributed by atoms with E-state index in [0.717, 1.165) is 39.1 Å². The molecule has 0 fully saturated rings. The van der Waals surface area contributed by atoms with Gasteiger partial charge in [0.2, 0.25) is 0 Å². The zero-order valence-electron chi connectivity index (χ0n) is 16.4. The van der Waals surface area contributed by atoms with Crippen LogP contribution < -0.4 is 11.1 Å². The highest BCUT2D eigenvalue weighted by Gasteiger charge is 2.09. The number of aromatic nitrogens is 1. The van der Waals surface area contributed by atoms with Gasteiger partial charge in [-0.25, -0.2) is 9.98 Å². The van der Waals surface area contributed by atoms with Gasteiger partial charge in [0.25, 0.3) is 0 Å². The normalized spacial score (nSPS) is 11.3. The minimum absolute atomic E-state index is 0.0809. The van der Waals surface area contributed by atoms with Crippen molar-refractivity contribution >= 4 is 60.4 Å². The van der Waals surface area contributed by atoms with Crippen LogP contribution in [0.2, 0.25) is 0 Å². The van der Waals surface area contributed by atoms with Gasteiger partial charge >= 0.3 is 5.97 Å². The Bertz CT molecular complexity index is 1170. The number of carbonyl (C=O) groups excluding carboxylic acids is 1. The molecule has 10 heteroatoms. The number of carboxylic acid groups (broad SMARTS) is 1. The van der Waals surface area contributed by atoms with Crippen LogP contribution in [0.15, 0.2) is 47.5 Å². The lowest BCUT2D eigenvalue weighted by Crippen LogP contribution is -2.10. The molecule has 3 rings (SSSR count). The molecule has 0 aliphatic heterocycles. The van der Waals surface area contributed by atoms with Crippen LogP contribution in [0, 0.1) is 11.3 Å². The Morgan fingerprint density at radius 3 is 2.71 bits per heavy atom. The number of carbonyl (C=O) groups is 2. The summed E-state index contributed by atoms with van der Waals surface area (Å²) < 4.78 is 0.973. The predicted molar refractivity (Wildman–Crippen MR) is 124 cm³/mol. The Morgan fingerprint density at radius 2 is 2.00 bits per heavy atom. The largest absolute Gasteiger partial charge is 0.481 e. The maximum absolute atomic E-state index is 11.6. The molecule has 3 aromatic rings. The molecule has 0 spiro atoms. The minimum atomic E-state index is -1.02. The van der Waals surface area contributed by atoms with Gasteiger partial charge in [-0.1, -0.05) is 29.5 Å². The first-order valence-electron chi connectivity index (χ1n) is 9.33. The van der Waals surface area contributed by atoms with Crippen molar-refractivity contribution in [3.63, 3.8) is 0 Å². The lowest BCUT2D eigenvalue weighted by molar-refractivity contribution is -0.137. The molecular weight excluding hydrogens is 434 g/mol. The third-order valence-corrected chi connectivity index (χ3v) is 5.88. The lowest BCUT2D eigenvalue weighted by Gasteiger charge is -2.04. The summed E-state index contributed by atoms with van der Waals surface area (Å²) in [5, 5.41) is 21.6. The summed E-state index contributed by atoms with van der Waals surface area (Å²) in [6.45, 7) is 0.681. The fourth-order valence-corrected chi connectivity index (χ4v) is 4.20. The third-order valence-electron chi connectivity index (χ3n) is 4.17. The number of aliphatic imine (C=N–C) groups is 1. The molecule has 4 N–H and O–H groups in total. The number of nitrogens with zero attached hydrogens (tertiary/aromatic N) is 3. The maximum Gasteiger partial charge on any atom is 0.303 e. The molecule has 0 aliphatic carbocycles. The molecule has 0 amide bonds. The van der Waals surface area contributed by atoms with E-state index in [1.807, 2.05) is 24.3 Å². The number of aliphatic carboxylic acids is 1. The van der Waals surface area contributed by atoms with E-state index >= 15 is 0 Å². The Hall–Kier alpha value is -3.42. The van der Waals surface area contributed by atoms with Crippen molar-refractivity contribution in [3.05, 3.63) is 53.6 Å². The number of nitriles is 1. The fraction of sp³-hybridized carbons (Fsp3) is 0.190. The first-order chi connectivity index (χ1) is 14.9. The molecule has 0 atom stereocenters. The number of thiazole rings is 1. The molecular formula is C21H19N5O3S2. The Morgan fingerprint density at radius 1 is 1.23 bits per heavy atom. The topological polar surface area (TPSA) is 141 Å². The number of benzene rings is 2. The second-order valence-corrected chi connectivity index (χ2v) is 8.55. The first kappa shape index (κ1) is 22.3. The van der Waals surface area contributed by atoms with E-state index in [0.29, 0.717) is 17.8 Å². The standard InChI is InChI=1S/C21H19N5O3S2/c22-12-14-2-1-3-16-19(14)26-21(30-16)24-11-10-13-4-6-15(7-5-13)25-20(23)31-18(29)9-8-17(27)28/h1-7H,8-11H2,(H2,23,25)(H,24,26)(H,27,28). The van der Waals surface area contributed by atoms with Crippen LogP contribution in [0.5, 0.6) is 0 Å². The van der Waals surface area contributed by atoms with Crippen LogP contribution in [0.3, 0.4) is 0 Å². The summed E-state index contributed by atoms with van der Waals surface area (Å²) in [6, 6.07) is 15.2. The quantitative estimate of drug-likeness (QED) is 0.344. The van der Waals surface area contributed by atoms with Crippen molar-refractivity contribution in [2.75, 3.05) is 11.9 Å². The third kappa shape index (κ3) is 6.53. The van der Waals surface area contributed by atoms with E-state index in [2.05, 4.69) is 21.4 Å². The number of carboxylic acids is 1. The van der Waals surface area contributed by atoms with Gasteiger partial charge in [-0.15, -0.1) is 0 Å². The zero-order chi connectivity index (χ0) is 22.2. The summed E-state index contributed by atoms with van der Waals surface area (Å²) in [7, 11) is 0. The smallest absolute Gasteiger partial charge is 0.303 e. The second-order valence-electron chi connectivity index (χ2n) is 6.44. The van der Waals surface area contributed by atoms with E-state index in [4.69, 9.17) is 10.8 Å². The van der Waals surface area contributed by atoms with Crippen molar-refractivity contribution in [1.29, 1.82) is 5.26 Å². The minimum Gasteiger partial charge on any atom is -0.481 e. The van der Waals surface area contributed by atoms with Gasteiger partial charge in [-0.05, 0) is 48.0 Å². The predicted octanol–water partition coefficient (Wildman–Crippen LogP) is 3.89. The fourth-order valence-electron chi connectivity index (χ4n) is 2.69. The number of thioether (sulfide) groups is 1. The monoisotopic (exact) mass is 453 g/mol. The van der Waals surface area contributed by atoms with Gasteiger partial charge in [0.05, 0.1) is 22.4 Å². The van der Waals surface area contributed by atoms with Crippen LogP contribution in [0.1, 0.15) is 24.0 Å². The molecule has 0 bridgehead atoms. The van der Waals surface area contributed by atoms with Crippen LogP contribution in [0.25, 0.3) is 10.2 Å². The van der Waals surface area contributed by atoms with E-state index in [1.54, 1.807) is 18.2 Å². The number of nitrogens with two attached hydrogens (primary N) is 1. The highest BCUT2D eigenvalue weighted by Crippen LogP contribution is 2.28. The molecule has 2 aromatic carbocycles. The Balaban J connectivity index is 1.51. The number of hydrogen-bond donors (Lipinski definition) is 3. The van der Waals surface area contributed by atoms with Crippen molar-refractivity contribution in [2.45, 2.75) is 19.3 Å². The summed E-state index contributed by atoms with van der Waals surface area (Å²) in [5.74, 6) is -1.02. The van der Waals surface area contributed by atoms with E-state index in [-0.39, 0.29) is 23.1 Å². The average Bonchev–Trinajstić information content (AvgIpc) is 3.16. The molecule has 1 aromatic heterocycles. The molecule has 1 heterocycles. The summed E-state index contributed by atoms with van der Waals surface area (Å²) in [5.41, 5.74) is 8.75. The van der Waals surface area contributed by atoms with E-state index in [9.17, 15) is 14.9 Å². The SMILES string of the molecule is N#Cc1cccc2sc(NCCc3ccc(N=C(N)SC(=O)CCC(=O)O)cc3)nc12. The molecule has 0 aliphatic rings. The molecule has 31 heavy (non-hydrogen) atoms. The molecule has 0 radical (unpaired) electrons. The number of anilines is 1. The maximum atomic E-state index is 11.6. The highest BCUT2D eigenvalue weighted by atomic mass is 32.2. The van der Waals surface area contributed by atoms with Gasteiger partial charge in [0, 0.05) is 13.0 Å². The number of rotatable bonds is 8. The summed E-state index contributed by atoms with van der Waals surface area (Å²) in [4.78, 5) is 30.8. The number of para-hydroxylation sites is 1. The van der Waals surface area contributed by atoms with E-state index in [1.165, 1.54) is 11.3 Å². The van der Waals surface area contributed by atoms with Crippen molar-refractivity contribution in [3.8, 4) is 6.07 Å². The van der Waals surface area contributed by atoms with Crippen molar-refractivity contribution < 1.29 is 14.7 Å². The van der Waals surface area contributed by atoms with Gasteiger partial charge in [-0.3, -0.25) is 9.59 Å². The summed E-state index contributed by atoms with van der Waals surface area (Å²) in [6.07, 6.45) is 0.454. The summed E-state index contributed by atoms with van der Waals surface area (Å²) >= 11 is 2.26. The Labute approximate surface area is 186 Å². The second kappa shape index (κ2) is 10.6. The number of fused-ring (bicyclic) bond motifs is 1. The van der Waals surface area contributed by atoms with Gasteiger partial charge in [0.15, 0.2) is 15.4 Å². The van der Waals surface area contributed by atoms with E-state index < -0.39 is 5.97 Å². The van der Waals surface area contributed by atoms with Crippen molar-refractivity contribution in [1.82, 2.24) is 4.98 Å². The lowest BCUT2D eigenvalue weighted by atomic mass is 10.1. The Kier molecular flexibility index (Phi) is 7.59. The molecule has 0 unspecified atom stereocenters. The van der Waals surface area contributed by atoms with Crippen molar-refractivity contribution in [2.24, 2.45) is 10.7 Å². The highest BCUT2D eigenvalue weighted by molar-refractivity contribution is 8.26. The number of hydrogen-bond acceptors (Lipinski definition) is 8. The zero-order valence-corrected chi connectivity index (χ0v) is 18.0. The van der Waals surface area contributed by atoms with Crippen LogP contribution in [-0.4, -0.2) is 32.9 Å². The van der Waals surface area contributed by atoms with Crippen LogP contribution >= 0.6 is 23.1 Å². The van der Waals surface area contributed by atoms with Gasteiger partial charge in [0.1, 0.15) is 11.6 Å². The van der Waals surface area contributed by atoms with Crippen LogP contribution in [0.4, 0.5) is 10.8 Å². The number of nitrogens with one attached hydrogen (secondary N) is 1. The molecule has 0 saturated carbocycles. The first-order valence-corrected chi connectivity index (χ1v) is 11.0. The van der Waals surface area contributed by atoms with Gasteiger partial charge in [-0.2, -0.15) is 5.26 Å². The van der Waals surface area contributed by atoms with Crippen LogP contribution in [-0.2, 0) is 16.0 Å². The van der Waals surface area contributed by atoms with Gasteiger partial charge < -0.3 is 16.2 Å². The average molecular weight is 454 g/mol. The number of amidine groups is 1. The molecule has 158 valence electrons. The molecule has 8 nitrogen and oxygen atoms in total.